The van der Waals surface area contributed by atoms with Crippen LogP contribution in [0.5, 0.6) is 0 Å². The molecular formula is C21H21FN4O. The molecule has 2 heterocycles. The molecule has 0 radical (unpaired) electrons. The van der Waals surface area contributed by atoms with Crippen LogP contribution in [-0.4, -0.2) is 41.0 Å². The van der Waals surface area contributed by atoms with E-state index in [9.17, 15) is 9.18 Å². The Kier molecular flexibility index (Phi) is 4.41. The number of likely N-dealkylation sites (N-methyl/N-ethyl adjacent to an activating group) is 1. The summed E-state index contributed by atoms with van der Waals surface area (Å²) < 4.78 is 15.5. The monoisotopic (exact) mass is 364 g/mol. The van der Waals surface area contributed by atoms with Crippen LogP contribution in [0.1, 0.15) is 10.5 Å². The van der Waals surface area contributed by atoms with Gasteiger partial charge in [0, 0.05) is 46.8 Å². The van der Waals surface area contributed by atoms with Crippen molar-refractivity contribution in [1.82, 2.24) is 14.5 Å². The Bertz CT molecular complexity index is 1130. The lowest BCUT2D eigenvalue weighted by Gasteiger charge is -2.11. The lowest BCUT2D eigenvalue weighted by atomic mass is 10.2. The van der Waals surface area contributed by atoms with Gasteiger partial charge < -0.3 is 19.8 Å². The van der Waals surface area contributed by atoms with Gasteiger partial charge >= 0.3 is 0 Å². The Hall–Kier alpha value is -3.12. The van der Waals surface area contributed by atoms with Gasteiger partial charge in [-0.3, -0.25) is 4.79 Å². The third-order valence-electron chi connectivity index (χ3n) is 4.64. The summed E-state index contributed by atoms with van der Waals surface area (Å²) in [6.45, 7) is 1.87. The minimum Gasteiger partial charge on any atom is -0.351 e. The first-order valence-electron chi connectivity index (χ1n) is 8.83. The highest BCUT2D eigenvalue weighted by atomic mass is 19.1. The standard InChI is InChI=1S/C21H21FN4O/c1-25(2)9-10-26-8-7-14-12-17(4-6-20(14)26)23-21(27)19-13-15-11-16(22)3-5-18(15)24-19/h3-8,11-13,24H,9-10H2,1-2H3,(H,23,27). The summed E-state index contributed by atoms with van der Waals surface area (Å²) in [5, 5.41) is 4.65. The number of nitrogens with one attached hydrogen (secondary N) is 2. The lowest BCUT2D eigenvalue weighted by molar-refractivity contribution is 0.102. The number of carbonyl (C=O) groups is 1. The molecule has 0 bridgehead atoms. The third kappa shape index (κ3) is 3.57. The van der Waals surface area contributed by atoms with Crippen molar-refractivity contribution in [1.29, 1.82) is 0 Å². The first kappa shape index (κ1) is 17.3. The van der Waals surface area contributed by atoms with Crippen LogP contribution in [0, 0.1) is 5.82 Å². The summed E-state index contributed by atoms with van der Waals surface area (Å²) in [5.74, 6) is -0.573. The second kappa shape index (κ2) is 6.89. The van der Waals surface area contributed by atoms with E-state index >= 15 is 0 Å². The molecule has 4 aromatic rings. The molecule has 0 aliphatic heterocycles. The molecule has 2 aromatic heterocycles. The Morgan fingerprint density at radius 2 is 1.96 bits per heavy atom. The number of rotatable bonds is 5. The highest BCUT2D eigenvalue weighted by Crippen LogP contribution is 2.22. The average Bonchev–Trinajstić information content (AvgIpc) is 3.23. The van der Waals surface area contributed by atoms with E-state index in [0.29, 0.717) is 11.1 Å². The largest absolute Gasteiger partial charge is 0.351 e. The number of H-pyrrole nitrogens is 1. The van der Waals surface area contributed by atoms with Gasteiger partial charge in [-0.1, -0.05) is 0 Å². The van der Waals surface area contributed by atoms with Crippen molar-refractivity contribution in [3.8, 4) is 0 Å². The summed E-state index contributed by atoms with van der Waals surface area (Å²) in [7, 11) is 4.11. The van der Waals surface area contributed by atoms with Gasteiger partial charge in [0.25, 0.3) is 5.91 Å². The second-order valence-corrected chi connectivity index (χ2v) is 6.95. The van der Waals surface area contributed by atoms with Crippen molar-refractivity contribution in [2.45, 2.75) is 6.54 Å². The Morgan fingerprint density at radius 3 is 2.78 bits per heavy atom. The van der Waals surface area contributed by atoms with E-state index in [1.54, 1.807) is 12.1 Å². The minimum absolute atomic E-state index is 0.252. The lowest BCUT2D eigenvalue weighted by Crippen LogP contribution is -2.17. The number of hydrogen-bond donors (Lipinski definition) is 2. The van der Waals surface area contributed by atoms with Gasteiger partial charge in [0.2, 0.25) is 0 Å². The maximum atomic E-state index is 13.3. The fraction of sp³-hybridized carbons (Fsp3) is 0.190. The highest BCUT2D eigenvalue weighted by molar-refractivity contribution is 6.06. The number of anilines is 1. The van der Waals surface area contributed by atoms with Gasteiger partial charge in [-0.2, -0.15) is 0 Å². The van der Waals surface area contributed by atoms with Crippen molar-refractivity contribution >= 4 is 33.4 Å². The number of benzene rings is 2. The topological polar surface area (TPSA) is 53.1 Å². The number of aromatic amines is 1. The van der Waals surface area contributed by atoms with Crippen LogP contribution in [0.15, 0.2) is 54.7 Å². The van der Waals surface area contributed by atoms with Gasteiger partial charge in [-0.25, -0.2) is 4.39 Å². The Morgan fingerprint density at radius 1 is 1.11 bits per heavy atom. The number of nitrogens with zero attached hydrogens (tertiary/aromatic N) is 2. The van der Waals surface area contributed by atoms with Crippen molar-refractivity contribution in [2.75, 3.05) is 26.0 Å². The predicted molar refractivity (Wildman–Crippen MR) is 107 cm³/mol. The summed E-state index contributed by atoms with van der Waals surface area (Å²) in [5.41, 5.74) is 2.99. The first-order chi connectivity index (χ1) is 13.0. The number of carbonyl (C=O) groups excluding carboxylic acids is 1. The molecule has 2 aromatic carbocycles. The van der Waals surface area contributed by atoms with Crippen LogP contribution in [0.25, 0.3) is 21.8 Å². The molecule has 138 valence electrons. The van der Waals surface area contributed by atoms with Crippen LogP contribution in [0.3, 0.4) is 0 Å². The molecule has 0 fully saturated rings. The van der Waals surface area contributed by atoms with Crippen LogP contribution < -0.4 is 5.32 Å². The molecule has 5 nitrogen and oxygen atoms in total. The number of hydrogen-bond acceptors (Lipinski definition) is 2. The van der Waals surface area contributed by atoms with Crippen molar-refractivity contribution in [3.05, 3.63) is 66.2 Å². The van der Waals surface area contributed by atoms with Crippen LogP contribution in [0.4, 0.5) is 10.1 Å². The molecule has 0 aliphatic rings. The van der Waals surface area contributed by atoms with E-state index in [1.165, 1.54) is 12.1 Å². The van der Waals surface area contributed by atoms with E-state index in [1.807, 2.05) is 24.3 Å². The molecule has 0 atom stereocenters. The summed E-state index contributed by atoms with van der Waals surface area (Å²) in [6.07, 6.45) is 2.06. The summed E-state index contributed by atoms with van der Waals surface area (Å²) in [6, 6.07) is 14.0. The number of amides is 1. The van der Waals surface area contributed by atoms with Crippen molar-refractivity contribution in [2.24, 2.45) is 0 Å². The second-order valence-electron chi connectivity index (χ2n) is 6.95. The van der Waals surface area contributed by atoms with E-state index in [0.717, 1.165) is 35.2 Å². The summed E-state index contributed by atoms with van der Waals surface area (Å²) >= 11 is 0. The Balaban J connectivity index is 1.54. The maximum Gasteiger partial charge on any atom is 0.272 e. The molecule has 0 aliphatic carbocycles. The molecule has 4 rings (SSSR count). The van der Waals surface area contributed by atoms with E-state index in [4.69, 9.17) is 0 Å². The van der Waals surface area contributed by atoms with Crippen LogP contribution >= 0.6 is 0 Å². The first-order valence-corrected chi connectivity index (χ1v) is 8.83. The van der Waals surface area contributed by atoms with Gasteiger partial charge in [0.1, 0.15) is 11.5 Å². The molecular weight excluding hydrogens is 343 g/mol. The van der Waals surface area contributed by atoms with Crippen LogP contribution in [0.2, 0.25) is 0 Å². The quantitative estimate of drug-likeness (QED) is 0.561. The number of aromatic nitrogens is 2. The SMILES string of the molecule is CN(C)CCn1ccc2cc(NC(=O)c3cc4cc(F)ccc4[nH]3)ccc21. The molecule has 0 saturated carbocycles. The number of fused-ring (bicyclic) bond motifs is 2. The van der Waals surface area contributed by atoms with Gasteiger partial charge in [-0.05, 0) is 62.6 Å². The van der Waals surface area contributed by atoms with Crippen molar-refractivity contribution < 1.29 is 9.18 Å². The van der Waals surface area contributed by atoms with Gasteiger partial charge in [0.15, 0.2) is 0 Å². The Labute approximate surface area is 156 Å². The molecule has 27 heavy (non-hydrogen) atoms. The average molecular weight is 364 g/mol. The van der Waals surface area contributed by atoms with Gasteiger partial charge in [-0.15, -0.1) is 0 Å². The smallest absolute Gasteiger partial charge is 0.272 e. The van der Waals surface area contributed by atoms with E-state index < -0.39 is 0 Å². The van der Waals surface area contributed by atoms with Crippen molar-refractivity contribution in [3.63, 3.8) is 0 Å². The molecule has 0 saturated heterocycles. The zero-order chi connectivity index (χ0) is 19.0. The summed E-state index contributed by atoms with van der Waals surface area (Å²) in [4.78, 5) is 17.7. The van der Waals surface area contributed by atoms with Crippen LogP contribution in [-0.2, 0) is 6.54 Å². The van der Waals surface area contributed by atoms with E-state index in [2.05, 4.69) is 40.1 Å². The predicted octanol–water partition coefficient (Wildman–Crippen LogP) is 4.08. The maximum absolute atomic E-state index is 13.3. The molecule has 2 N–H and O–H groups in total. The molecule has 0 unspecified atom stereocenters. The number of halogens is 1. The zero-order valence-corrected chi connectivity index (χ0v) is 15.3. The fourth-order valence-corrected chi connectivity index (χ4v) is 3.20. The molecule has 6 heteroatoms. The van der Waals surface area contributed by atoms with Gasteiger partial charge in [0.05, 0.1) is 0 Å². The third-order valence-corrected chi connectivity index (χ3v) is 4.64. The zero-order valence-electron chi connectivity index (χ0n) is 15.3. The minimum atomic E-state index is -0.322. The normalized spacial score (nSPS) is 11.6. The highest BCUT2D eigenvalue weighted by Gasteiger charge is 2.11. The molecule has 0 spiro atoms. The molecule has 1 amide bonds. The van der Waals surface area contributed by atoms with E-state index in [-0.39, 0.29) is 11.7 Å². The fourth-order valence-electron chi connectivity index (χ4n) is 3.20.